The number of esters is 1. The lowest BCUT2D eigenvalue weighted by Crippen LogP contribution is -2.23. The van der Waals surface area contributed by atoms with E-state index in [0.717, 1.165) is 0 Å². The van der Waals surface area contributed by atoms with Crippen LogP contribution in [0.25, 0.3) is 0 Å². The van der Waals surface area contributed by atoms with E-state index in [4.69, 9.17) is 18.6 Å². The summed E-state index contributed by atoms with van der Waals surface area (Å²) in [5.74, 6) is 0.122. The van der Waals surface area contributed by atoms with Crippen LogP contribution < -0.4 is 14.2 Å². The Morgan fingerprint density at radius 3 is 2.25 bits per heavy atom. The standard InChI is InChI=1S/C22H21NO8S/c1-28-20-10-7-16(12-21(20)29-2)19(24)14-31-22(25)15-5-8-18(9-6-15)32(26,27)23-13-17-4-3-11-30-17/h3-12,23H,13-14H2,1-2H3. The second-order valence-electron chi connectivity index (χ2n) is 6.50. The number of hydrogen-bond acceptors (Lipinski definition) is 8. The molecule has 0 bridgehead atoms. The Morgan fingerprint density at radius 2 is 1.62 bits per heavy atom. The van der Waals surface area contributed by atoms with E-state index in [2.05, 4.69) is 4.72 Å². The predicted octanol–water partition coefficient (Wildman–Crippen LogP) is 2.82. The zero-order valence-corrected chi connectivity index (χ0v) is 18.2. The molecule has 1 heterocycles. The zero-order chi connectivity index (χ0) is 23.1. The summed E-state index contributed by atoms with van der Waals surface area (Å²) in [6.45, 7) is -0.490. The molecule has 0 aliphatic carbocycles. The largest absolute Gasteiger partial charge is 0.493 e. The van der Waals surface area contributed by atoms with Crippen LogP contribution in [0.4, 0.5) is 0 Å². The minimum atomic E-state index is -3.79. The summed E-state index contributed by atoms with van der Waals surface area (Å²) in [5.41, 5.74) is 0.398. The van der Waals surface area contributed by atoms with Crippen molar-refractivity contribution in [2.24, 2.45) is 0 Å². The molecule has 3 aromatic rings. The van der Waals surface area contributed by atoms with Gasteiger partial charge in [-0.2, -0.15) is 0 Å². The average Bonchev–Trinajstić information content (AvgIpc) is 3.34. The van der Waals surface area contributed by atoms with Crippen LogP contribution in [0.3, 0.4) is 0 Å². The summed E-state index contributed by atoms with van der Waals surface area (Å²) >= 11 is 0. The van der Waals surface area contributed by atoms with Crippen LogP contribution in [0.2, 0.25) is 0 Å². The van der Waals surface area contributed by atoms with Gasteiger partial charge in [0.05, 0.1) is 37.5 Å². The third-order valence-corrected chi connectivity index (χ3v) is 5.87. The highest BCUT2D eigenvalue weighted by Crippen LogP contribution is 2.27. The quantitative estimate of drug-likeness (QED) is 0.363. The summed E-state index contributed by atoms with van der Waals surface area (Å²) in [7, 11) is -0.865. The summed E-state index contributed by atoms with van der Waals surface area (Å²) < 4.78 is 47.5. The summed E-state index contributed by atoms with van der Waals surface area (Å²) in [6, 6.07) is 13.1. The second-order valence-corrected chi connectivity index (χ2v) is 8.26. The number of methoxy groups -OCH3 is 2. The highest BCUT2D eigenvalue weighted by atomic mass is 32.2. The average molecular weight is 459 g/mol. The number of benzene rings is 2. The van der Waals surface area contributed by atoms with Gasteiger partial charge in [-0.25, -0.2) is 17.9 Å². The first-order chi connectivity index (χ1) is 15.3. The fourth-order valence-electron chi connectivity index (χ4n) is 2.74. The Kier molecular flexibility index (Phi) is 7.29. The number of carbonyl (C=O) groups excluding carboxylic acids is 2. The van der Waals surface area contributed by atoms with E-state index >= 15 is 0 Å². The van der Waals surface area contributed by atoms with Gasteiger partial charge >= 0.3 is 5.97 Å². The molecule has 168 valence electrons. The minimum Gasteiger partial charge on any atom is -0.493 e. The molecule has 0 aliphatic heterocycles. The van der Waals surface area contributed by atoms with Crippen LogP contribution in [-0.4, -0.2) is 41.0 Å². The Hall–Kier alpha value is -3.63. The summed E-state index contributed by atoms with van der Waals surface area (Å²) in [4.78, 5) is 24.6. The fourth-order valence-corrected chi connectivity index (χ4v) is 3.73. The summed E-state index contributed by atoms with van der Waals surface area (Å²) in [6.07, 6.45) is 1.44. The number of sulfonamides is 1. The third kappa shape index (κ3) is 5.54. The van der Waals surface area contributed by atoms with Crippen molar-refractivity contribution >= 4 is 21.8 Å². The number of carbonyl (C=O) groups is 2. The smallest absolute Gasteiger partial charge is 0.338 e. The van der Waals surface area contributed by atoms with E-state index in [-0.39, 0.29) is 17.0 Å². The van der Waals surface area contributed by atoms with E-state index in [0.29, 0.717) is 22.8 Å². The lowest BCUT2D eigenvalue weighted by atomic mass is 10.1. The molecule has 0 spiro atoms. The van der Waals surface area contributed by atoms with Crippen LogP contribution in [0.5, 0.6) is 11.5 Å². The predicted molar refractivity (Wildman–Crippen MR) is 113 cm³/mol. The Balaban J connectivity index is 1.59. The number of ether oxygens (including phenoxy) is 3. The highest BCUT2D eigenvalue weighted by Gasteiger charge is 2.17. The van der Waals surface area contributed by atoms with Gasteiger partial charge in [-0.3, -0.25) is 4.79 Å². The van der Waals surface area contributed by atoms with Gasteiger partial charge in [0, 0.05) is 5.56 Å². The maximum atomic E-state index is 12.3. The molecule has 0 amide bonds. The van der Waals surface area contributed by atoms with E-state index < -0.39 is 28.4 Å². The van der Waals surface area contributed by atoms with Crippen LogP contribution in [-0.2, 0) is 21.3 Å². The number of furan rings is 1. The van der Waals surface area contributed by atoms with Crippen molar-refractivity contribution in [3.63, 3.8) is 0 Å². The van der Waals surface area contributed by atoms with Gasteiger partial charge in [-0.05, 0) is 54.6 Å². The molecule has 0 saturated carbocycles. The zero-order valence-electron chi connectivity index (χ0n) is 17.4. The lowest BCUT2D eigenvalue weighted by molar-refractivity contribution is 0.0474. The van der Waals surface area contributed by atoms with E-state index in [9.17, 15) is 18.0 Å². The van der Waals surface area contributed by atoms with Crippen molar-refractivity contribution in [3.05, 3.63) is 77.7 Å². The minimum absolute atomic E-state index is 0.00260. The van der Waals surface area contributed by atoms with Crippen molar-refractivity contribution in [2.75, 3.05) is 20.8 Å². The number of hydrogen-bond donors (Lipinski definition) is 1. The molecular weight excluding hydrogens is 438 g/mol. The molecule has 0 unspecified atom stereocenters. The van der Waals surface area contributed by atoms with Gasteiger partial charge in [-0.1, -0.05) is 0 Å². The Labute approximate surface area is 185 Å². The van der Waals surface area contributed by atoms with Gasteiger partial charge in [0.15, 0.2) is 23.9 Å². The number of Topliss-reactive ketones (excluding diaryl/α,β-unsaturated/α-hetero) is 1. The molecular formula is C22H21NO8S. The molecule has 9 nitrogen and oxygen atoms in total. The van der Waals surface area contributed by atoms with Crippen molar-refractivity contribution < 1.29 is 36.6 Å². The monoisotopic (exact) mass is 459 g/mol. The first-order valence-electron chi connectivity index (χ1n) is 9.38. The van der Waals surface area contributed by atoms with Crippen molar-refractivity contribution in [1.82, 2.24) is 4.72 Å². The maximum Gasteiger partial charge on any atom is 0.338 e. The van der Waals surface area contributed by atoms with Gasteiger partial charge in [0.1, 0.15) is 5.76 Å². The molecule has 32 heavy (non-hydrogen) atoms. The summed E-state index contributed by atoms with van der Waals surface area (Å²) in [5, 5.41) is 0. The van der Waals surface area contributed by atoms with Crippen LogP contribution in [0.1, 0.15) is 26.5 Å². The molecule has 0 fully saturated rings. The van der Waals surface area contributed by atoms with Crippen molar-refractivity contribution in [1.29, 1.82) is 0 Å². The van der Waals surface area contributed by atoms with Crippen LogP contribution in [0, 0.1) is 0 Å². The normalized spacial score (nSPS) is 11.1. The van der Waals surface area contributed by atoms with Crippen molar-refractivity contribution in [3.8, 4) is 11.5 Å². The van der Waals surface area contributed by atoms with Crippen LogP contribution in [0.15, 0.2) is 70.2 Å². The fraction of sp³-hybridized carbons (Fsp3) is 0.182. The van der Waals surface area contributed by atoms with Gasteiger partial charge in [-0.15, -0.1) is 0 Å². The van der Waals surface area contributed by atoms with E-state index in [1.165, 1.54) is 56.9 Å². The van der Waals surface area contributed by atoms with Crippen molar-refractivity contribution in [2.45, 2.75) is 11.4 Å². The molecule has 0 atom stereocenters. The first-order valence-corrected chi connectivity index (χ1v) is 10.9. The van der Waals surface area contributed by atoms with Gasteiger partial charge in [0.25, 0.3) is 0 Å². The third-order valence-electron chi connectivity index (χ3n) is 4.46. The molecule has 2 aromatic carbocycles. The highest BCUT2D eigenvalue weighted by molar-refractivity contribution is 7.89. The molecule has 0 saturated heterocycles. The van der Waals surface area contributed by atoms with Gasteiger partial charge < -0.3 is 18.6 Å². The second kappa shape index (κ2) is 10.1. The number of rotatable bonds is 10. The molecule has 3 rings (SSSR count). The number of ketones is 1. The topological polar surface area (TPSA) is 121 Å². The van der Waals surface area contributed by atoms with E-state index in [1.54, 1.807) is 18.2 Å². The molecule has 0 aliphatic rings. The molecule has 0 radical (unpaired) electrons. The molecule has 1 N–H and O–H groups in total. The van der Waals surface area contributed by atoms with Gasteiger partial charge in [0.2, 0.25) is 10.0 Å². The lowest BCUT2D eigenvalue weighted by Gasteiger charge is -2.10. The Bertz CT molecular complexity index is 1190. The van der Waals surface area contributed by atoms with E-state index in [1.807, 2.05) is 0 Å². The molecule has 10 heteroatoms. The maximum absolute atomic E-state index is 12.3. The molecule has 1 aromatic heterocycles. The first kappa shape index (κ1) is 23.0. The Morgan fingerprint density at radius 1 is 0.938 bits per heavy atom. The van der Waals surface area contributed by atoms with Crippen LogP contribution >= 0.6 is 0 Å². The SMILES string of the molecule is COc1ccc(C(=O)COC(=O)c2ccc(S(=O)(=O)NCc3ccco3)cc2)cc1OC. The number of nitrogens with one attached hydrogen (secondary N) is 1.